The van der Waals surface area contributed by atoms with E-state index in [1.54, 1.807) is 0 Å². The van der Waals surface area contributed by atoms with Crippen molar-refractivity contribution in [2.45, 2.75) is 32.9 Å². The lowest BCUT2D eigenvalue weighted by molar-refractivity contribution is -0.120. The van der Waals surface area contributed by atoms with Crippen LogP contribution in [0.15, 0.2) is 42.5 Å². The summed E-state index contributed by atoms with van der Waals surface area (Å²) in [6.45, 7) is 6.97. The van der Waals surface area contributed by atoms with Crippen molar-refractivity contribution in [2.75, 3.05) is 12.3 Å². The van der Waals surface area contributed by atoms with Gasteiger partial charge in [0.1, 0.15) is 0 Å². The normalized spacial score (nSPS) is 10.6. The van der Waals surface area contributed by atoms with Crippen molar-refractivity contribution in [1.29, 1.82) is 0 Å². The number of carbonyl (C=O) groups is 1. The molecule has 0 aliphatic rings. The van der Waals surface area contributed by atoms with Crippen molar-refractivity contribution in [1.82, 2.24) is 5.32 Å². The third kappa shape index (κ3) is 6.11. The summed E-state index contributed by atoms with van der Waals surface area (Å²) in [4.78, 5) is 12.0. The van der Waals surface area contributed by atoms with Gasteiger partial charge >= 0.3 is 0 Å². The van der Waals surface area contributed by atoms with Crippen molar-refractivity contribution in [3.63, 3.8) is 0 Å². The summed E-state index contributed by atoms with van der Waals surface area (Å²) in [6, 6.07) is 14.8. The number of carbonyl (C=O) groups excluding carboxylic acids is 1. The molecule has 122 valence electrons. The highest BCUT2D eigenvalue weighted by atomic mass is 32.2. The van der Waals surface area contributed by atoms with E-state index in [0.717, 1.165) is 23.6 Å². The van der Waals surface area contributed by atoms with Crippen molar-refractivity contribution in [3.8, 4) is 0 Å². The monoisotopic (exact) mass is 327 g/mol. The fourth-order valence-electron chi connectivity index (χ4n) is 2.53. The molecule has 23 heavy (non-hydrogen) atoms. The van der Waals surface area contributed by atoms with Gasteiger partial charge in [-0.25, -0.2) is 0 Å². The molecule has 1 N–H and O–H groups in total. The Labute approximate surface area is 143 Å². The highest BCUT2D eigenvalue weighted by Gasteiger charge is 2.05. The van der Waals surface area contributed by atoms with Crippen LogP contribution in [0.5, 0.6) is 0 Å². The smallest absolute Gasteiger partial charge is 0.224 e. The molecule has 0 atom stereocenters. The summed E-state index contributed by atoms with van der Waals surface area (Å²) in [6.07, 6.45) is 0.467. The van der Waals surface area contributed by atoms with E-state index in [1.165, 1.54) is 22.3 Å². The first-order chi connectivity index (χ1) is 11.0. The molecule has 0 fully saturated rings. The maximum atomic E-state index is 12.0. The van der Waals surface area contributed by atoms with Crippen LogP contribution in [0.4, 0.5) is 0 Å². The zero-order valence-corrected chi connectivity index (χ0v) is 15.0. The number of rotatable bonds is 7. The fraction of sp³-hybridized carbons (Fsp3) is 0.350. The Hall–Kier alpha value is -1.74. The van der Waals surface area contributed by atoms with Gasteiger partial charge in [0.2, 0.25) is 5.91 Å². The summed E-state index contributed by atoms with van der Waals surface area (Å²) in [5.74, 6) is 2.04. The standard InChI is InChI=1S/C20H25NOS/c1-15-5-4-6-18(12-15)14-23-10-9-21-20(22)13-19-8-7-16(2)11-17(19)3/h4-8,11-12H,9-10,13-14H2,1-3H3,(H,21,22). The predicted molar refractivity (Wildman–Crippen MR) is 100.0 cm³/mol. The summed E-state index contributed by atoms with van der Waals surface area (Å²) in [5, 5.41) is 3.01. The van der Waals surface area contributed by atoms with Crippen molar-refractivity contribution >= 4 is 17.7 Å². The van der Waals surface area contributed by atoms with Crippen LogP contribution in [0.3, 0.4) is 0 Å². The lowest BCUT2D eigenvalue weighted by Gasteiger charge is -2.08. The number of benzene rings is 2. The van der Waals surface area contributed by atoms with E-state index >= 15 is 0 Å². The minimum absolute atomic E-state index is 0.105. The Morgan fingerprint density at radius 2 is 1.83 bits per heavy atom. The average Bonchev–Trinajstić information content (AvgIpc) is 2.50. The van der Waals surface area contributed by atoms with Crippen molar-refractivity contribution in [3.05, 3.63) is 70.3 Å². The van der Waals surface area contributed by atoms with E-state index < -0.39 is 0 Å². The molecule has 0 heterocycles. The zero-order chi connectivity index (χ0) is 16.7. The zero-order valence-electron chi connectivity index (χ0n) is 14.2. The predicted octanol–water partition coefficient (Wildman–Crippen LogP) is 4.20. The quantitative estimate of drug-likeness (QED) is 0.772. The van der Waals surface area contributed by atoms with Crippen LogP contribution in [-0.4, -0.2) is 18.2 Å². The van der Waals surface area contributed by atoms with Crippen LogP contribution in [0, 0.1) is 20.8 Å². The average molecular weight is 327 g/mol. The highest BCUT2D eigenvalue weighted by molar-refractivity contribution is 7.98. The molecule has 2 aromatic carbocycles. The summed E-state index contributed by atoms with van der Waals surface area (Å²) in [7, 11) is 0. The van der Waals surface area contributed by atoms with E-state index in [0.29, 0.717) is 6.42 Å². The Morgan fingerprint density at radius 3 is 2.57 bits per heavy atom. The van der Waals surface area contributed by atoms with E-state index in [4.69, 9.17) is 0 Å². The number of hydrogen-bond acceptors (Lipinski definition) is 2. The third-order valence-electron chi connectivity index (χ3n) is 3.77. The SMILES string of the molecule is Cc1cccc(CSCCNC(=O)Cc2ccc(C)cc2C)c1. The molecule has 3 heteroatoms. The highest BCUT2D eigenvalue weighted by Crippen LogP contribution is 2.13. The van der Waals surface area contributed by atoms with E-state index in [-0.39, 0.29) is 5.91 Å². The van der Waals surface area contributed by atoms with Gasteiger partial charge in [-0.1, -0.05) is 53.6 Å². The summed E-state index contributed by atoms with van der Waals surface area (Å²) < 4.78 is 0. The van der Waals surface area contributed by atoms with Gasteiger partial charge in [0.25, 0.3) is 0 Å². The topological polar surface area (TPSA) is 29.1 Å². The van der Waals surface area contributed by atoms with Crippen molar-refractivity contribution in [2.24, 2.45) is 0 Å². The molecule has 0 unspecified atom stereocenters. The molecule has 0 saturated carbocycles. The maximum absolute atomic E-state index is 12.0. The second-order valence-corrected chi connectivity index (χ2v) is 7.10. The lowest BCUT2D eigenvalue weighted by Crippen LogP contribution is -2.27. The van der Waals surface area contributed by atoms with Gasteiger partial charge in [-0.05, 0) is 37.5 Å². The van der Waals surface area contributed by atoms with Crippen LogP contribution in [-0.2, 0) is 17.0 Å². The van der Waals surface area contributed by atoms with Gasteiger partial charge in [0, 0.05) is 18.1 Å². The molecular weight excluding hydrogens is 302 g/mol. The molecule has 2 nitrogen and oxygen atoms in total. The van der Waals surface area contributed by atoms with E-state index in [1.807, 2.05) is 11.8 Å². The first kappa shape index (κ1) is 17.6. The van der Waals surface area contributed by atoms with E-state index in [2.05, 4.69) is 68.6 Å². The molecule has 2 rings (SSSR count). The first-order valence-corrected chi connectivity index (χ1v) is 9.16. The molecule has 2 aromatic rings. The number of thioether (sulfide) groups is 1. The Bertz CT molecular complexity index is 666. The third-order valence-corrected chi connectivity index (χ3v) is 4.80. The van der Waals surface area contributed by atoms with E-state index in [9.17, 15) is 4.79 Å². The number of nitrogens with one attached hydrogen (secondary N) is 1. The Kier molecular flexibility index (Phi) is 6.72. The molecule has 0 radical (unpaired) electrons. The molecular formula is C20H25NOS. The summed E-state index contributed by atoms with van der Waals surface area (Å²) >= 11 is 1.85. The molecule has 0 saturated heterocycles. The van der Waals surface area contributed by atoms with Gasteiger partial charge < -0.3 is 5.32 Å². The van der Waals surface area contributed by atoms with Crippen LogP contribution < -0.4 is 5.32 Å². The summed E-state index contributed by atoms with van der Waals surface area (Å²) in [5.41, 5.74) is 6.18. The van der Waals surface area contributed by atoms with Gasteiger partial charge in [0.15, 0.2) is 0 Å². The van der Waals surface area contributed by atoms with Crippen LogP contribution in [0.25, 0.3) is 0 Å². The van der Waals surface area contributed by atoms with Crippen LogP contribution in [0.2, 0.25) is 0 Å². The molecule has 0 bridgehead atoms. The second kappa shape index (κ2) is 8.78. The molecule has 0 spiro atoms. The van der Waals surface area contributed by atoms with Gasteiger partial charge in [-0.3, -0.25) is 4.79 Å². The minimum atomic E-state index is 0.105. The first-order valence-electron chi connectivity index (χ1n) is 8.01. The molecule has 0 aromatic heterocycles. The Morgan fingerprint density at radius 1 is 1.04 bits per heavy atom. The molecule has 0 aliphatic carbocycles. The van der Waals surface area contributed by atoms with Crippen LogP contribution in [0.1, 0.15) is 27.8 Å². The largest absolute Gasteiger partial charge is 0.355 e. The second-order valence-electron chi connectivity index (χ2n) is 6.00. The van der Waals surface area contributed by atoms with Gasteiger partial charge in [-0.2, -0.15) is 11.8 Å². The number of hydrogen-bond donors (Lipinski definition) is 1. The van der Waals surface area contributed by atoms with Crippen molar-refractivity contribution < 1.29 is 4.79 Å². The fourth-order valence-corrected chi connectivity index (χ4v) is 3.34. The Balaban J connectivity index is 1.67. The number of amides is 1. The molecule has 0 aliphatic heterocycles. The molecule has 1 amide bonds. The minimum Gasteiger partial charge on any atom is -0.355 e. The lowest BCUT2D eigenvalue weighted by atomic mass is 10.0. The van der Waals surface area contributed by atoms with Crippen LogP contribution >= 0.6 is 11.8 Å². The maximum Gasteiger partial charge on any atom is 0.224 e. The van der Waals surface area contributed by atoms with Gasteiger partial charge in [-0.15, -0.1) is 0 Å². The number of aryl methyl sites for hydroxylation is 3. The van der Waals surface area contributed by atoms with Gasteiger partial charge in [0.05, 0.1) is 6.42 Å².